The van der Waals surface area contributed by atoms with Crippen molar-refractivity contribution >= 4 is 11.9 Å². The maximum Gasteiger partial charge on any atom is 0.325 e. The number of para-hydroxylation sites is 1. The zero-order valence-electron chi connectivity index (χ0n) is 11.6. The Kier molecular flexibility index (Phi) is 6.49. The van der Waals surface area contributed by atoms with Gasteiger partial charge < -0.3 is 14.4 Å². The molecule has 1 amide bonds. The average Bonchev–Trinajstić information content (AvgIpc) is 2.46. The van der Waals surface area contributed by atoms with Crippen LogP contribution in [0.3, 0.4) is 0 Å². The maximum absolute atomic E-state index is 13.3. The summed E-state index contributed by atoms with van der Waals surface area (Å²) in [6, 6.07) is 5.98. The van der Waals surface area contributed by atoms with Crippen LogP contribution in [0.15, 0.2) is 24.3 Å². The second-order valence-corrected chi connectivity index (χ2v) is 4.01. The molecule has 0 N–H and O–H groups in total. The summed E-state index contributed by atoms with van der Waals surface area (Å²) in [5.74, 6) is -1.08. The first-order valence-electron chi connectivity index (χ1n) is 6.30. The van der Waals surface area contributed by atoms with E-state index in [2.05, 4.69) is 4.74 Å². The molecule has 0 saturated heterocycles. The summed E-state index contributed by atoms with van der Waals surface area (Å²) in [6.45, 7) is 2.12. The molecule has 0 heterocycles. The molecule has 0 aliphatic carbocycles. The number of likely N-dealkylation sites (N-methyl/N-ethyl adjacent to an activating group) is 1. The van der Waals surface area contributed by atoms with Crippen molar-refractivity contribution in [1.82, 2.24) is 4.90 Å². The first-order chi connectivity index (χ1) is 9.58. The number of benzene rings is 1. The summed E-state index contributed by atoms with van der Waals surface area (Å²) in [7, 11) is 1.27. The van der Waals surface area contributed by atoms with Crippen molar-refractivity contribution < 1.29 is 23.5 Å². The molecule has 20 heavy (non-hydrogen) atoms. The quantitative estimate of drug-likeness (QED) is 0.713. The lowest BCUT2D eigenvalue weighted by Gasteiger charge is -2.19. The third kappa shape index (κ3) is 4.87. The van der Waals surface area contributed by atoms with Gasteiger partial charge in [-0.15, -0.1) is 0 Å². The van der Waals surface area contributed by atoms with Gasteiger partial charge in [-0.3, -0.25) is 9.59 Å². The van der Waals surface area contributed by atoms with Gasteiger partial charge >= 0.3 is 5.97 Å². The lowest BCUT2D eigenvalue weighted by Crippen LogP contribution is -2.36. The van der Waals surface area contributed by atoms with E-state index in [1.165, 1.54) is 24.1 Å². The Morgan fingerprint density at radius 2 is 2.00 bits per heavy atom. The van der Waals surface area contributed by atoms with Crippen LogP contribution in [0.25, 0.3) is 0 Å². The Labute approximate surface area is 117 Å². The predicted octanol–water partition coefficient (Wildman–Crippen LogP) is 1.62. The van der Waals surface area contributed by atoms with Crippen LogP contribution in [0, 0.1) is 5.82 Å². The van der Waals surface area contributed by atoms with Gasteiger partial charge in [0.15, 0.2) is 11.6 Å². The van der Waals surface area contributed by atoms with Gasteiger partial charge in [-0.1, -0.05) is 12.1 Å². The zero-order valence-corrected chi connectivity index (χ0v) is 11.6. The van der Waals surface area contributed by atoms with Crippen molar-refractivity contribution in [3.63, 3.8) is 0 Å². The topological polar surface area (TPSA) is 55.8 Å². The van der Waals surface area contributed by atoms with E-state index in [9.17, 15) is 14.0 Å². The monoisotopic (exact) mass is 283 g/mol. The molecule has 0 fully saturated rings. The fourth-order valence-corrected chi connectivity index (χ4v) is 1.56. The molecule has 110 valence electrons. The second-order valence-electron chi connectivity index (χ2n) is 4.01. The smallest absolute Gasteiger partial charge is 0.325 e. The van der Waals surface area contributed by atoms with Crippen molar-refractivity contribution in [2.45, 2.75) is 13.3 Å². The highest BCUT2D eigenvalue weighted by atomic mass is 19.1. The largest absolute Gasteiger partial charge is 0.490 e. The van der Waals surface area contributed by atoms with Crippen molar-refractivity contribution in [3.8, 4) is 5.75 Å². The molecule has 0 radical (unpaired) electrons. The van der Waals surface area contributed by atoms with Crippen molar-refractivity contribution in [2.75, 3.05) is 26.8 Å². The normalized spacial score (nSPS) is 9.95. The van der Waals surface area contributed by atoms with E-state index in [0.717, 1.165) is 0 Å². The summed E-state index contributed by atoms with van der Waals surface area (Å²) in [5.41, 5.74) is 0. The number of ether oxygens (including phenoxy) is 2. The molecule has 1 aromatic rings. The molecule has 0 unspecified atom stereocenters. The molecule has 0 saturated carbocycles. The lowest BCUT2D eigenvalue weighted by atomic mass is 10.3. The summed E-state index contributed by atoms with van der Waals surface area (Å²) < 4.78 is 23.0. The number of nitrogens with zero attached hydrogens (tertiary/aromatic N) is 1. The third-order valence-corrected chi connectivity index (χ3v) is 2.69. The molecule has 0 spiro atoms. The van der Waals surface area contributed by atoms with E-state index in [0.29, 0.717) is 6.54 Å². The minimum Gasteiger partial charge on any atom is -0.490 e. The Balaban J connectivity index is 2.42. The number of hydrogen-bond acceptors (Lipinski definition) is 4. The van der Waals surface area contributed by atoms with E-state index < -0.39 is 11.8 Å². The van der Waals surface area contributed by atoms with E-state index in [-0.39, 0.29) is 31.2 Å². The van der Waals surface area contributed by atoms with Gasteiger partial charge in [0.25, 0.3) is 0 Å². The Morgan fingerprint density at radius 1 is 1.30 bits per heavy atom. The van der Waals surface area contributed by atoms with Crippen LogP contribution in [0.1, 0.15) is 13.3 Å². The van der Waals surface area contributed by atoms with Gasteiger partial charge in [0.1, 0.15) is 6.54 Å². The summed E-state index contributed by atoms with van der Waals surface area (Å²) in [4.78, 5) is 24.3. The van der Waals surface area contributed by atoms with Crippen LogP contribution >= 0.6 is 0 Å². The molecule has 0 atom stereocenters. The van der Waals surface area contributed by atoms with Crippen LogP contribution in [-0.4, -0.2) is 43.6 Å². The summed E-state index contributed by atoms with van der Waals surface area (Å²) >= 11 is 0. The first kappa shape index (κ1) is 15.9. The summed E-state index contributed by atoms with van der Waals surface area (Å²) in [5, 5.41) is 0. The number of hydrogen-bond donors (Lipinski definition) is 0. The third-order valence-electron chi connectivity index (χ3n) is 2.69. The fraction of sp³-hybridized carbons (Fsp3) is 0.429. The Morgan fingerprint density at radius 3 is 2.60 bits per heavy atom. The maximum atomic E-state index is 13.3. The van der Waals surface area contributed by atoms with E-state index in [4.69, 9.17) is 4.74 Å². The molecule has 5 nitrogen and oxygen atoms in total. The Bertz CT molecular complexity index is 464. The second kappa shape index (κ2) is 8.14. The zero-order chi connectivity index (χ0) is 15.0. The highest BCUT2D eigenvalue weighted by molar-refractivity contribution is 5.82. The van der Waals surface area contributed by atoms with E-state index in [1.54, 1.807) is 19.1 Å². The van der Waals surface area contributed by atoms with E-state index in [1.807, 2.05) is 0 Å². The molecule has 0 aromatic heterocycles. The standard InChI is InChI=1S/C14H18FNO4/c1-3-16(10-14(18)19-2)13(17)8-9-20-12-7-5-4-6-11(12)15/h4-7H,3,8-10H2,1-2H3. The summed E-state index contributed by atoms with van der Waals surface area (Å²) in [6.07, 6.45) is 0.0686. The minimum absolute atomic E-state index is 0.0530. The average molecular weight is 283 g/mol. The molecule has 6 heteroatoms. The van der Waals surface area contributed by atoms with Gasteiger partial charge in [-0.05, 0) is 19.1 Å². The Hall–Kier alpha value is -2.11. The van der Waals surface area contributed by atoms with Crippen LogP contribution in [-0.2, 0) is 14.3 Å². The first-order valence-corrected chi connectivity index (χ1v) is 6.30. The molecular formula is C14H18FNO4. The van der Waals surface area contributed by atoms with Crippen molar-refractivity contribution in [2.24, 2.45) is 0 Å². The van der Waals surface area contributed by atoms with Crippen LogP contribution < -0.4 is 4.74 Å². The highest BCUT2D eigenvalue weighted by Crippen LogP contribution is 2.15. The van der Waals surface area contributed by atoms with Gasteiger partial charge in [0.05, 0.1) is 20.1 Å². The van der Waals surface area contributed by atoms with Gasteiger partial charge in [0, 0.05) is 6.54 Å². The number of esters is 1. The SMILES string of the molecule is CCN(CC(=O)OC)C(=O)CCOc1ccccc1F. The van der Waals surface area contributed by atoms with Gasteiger partial charge in [0.2, 0.25) is 5.91 Å². The number of halogens is 1. The lowest BCUT2D eigenvalue weighted by molar-refractivity contribution is -0.147. The number of carbonyl (C=O) groups excluding carboxylic acids is 2. The number of methoxy groups -OCH3 is 1. The van der Waals surface area contributed by atoms with E-state index >= 15 is 0 Å². The van der Waals surface area contributed by atoms with Gasteiger partial charge in [-0.25, -0.2) is 4.39 Å². The number of carbonyl (C=O) groups is 2. The molecular weight excluding hydrogens is 265 g/mol. The van der Waals surface area contributed by atoms with Crippen molar-refractivity contribution in [1.29, 1.82) is 0 Å². The predicted molar refractivity (Wildman–Crippen MR) is 70.8 cm³/mol. The number of amides is 1. The molecule has 1 rings (SSSR count). The van der Waals surface area contributed by atoms with Crippen molar-refractivity contribution in [3.05, 3.63) is 30.1 Å². The van der Waals surface area contributed by atoms with Crippen LogP contribution in [0.5, 0.6) is 5.75 Å². The molecule has 1 aromatic carbocycles. The minimum atomic E-state index is -0.477. The highest BCUT2D eigenvalue weighted by Gasteiger charge is 2.15. The van der Waals surface area contributed by atoms with Crippen LogP contribution in [0.2, 0.25) is 0 Å². The molecule has 0 bridgehead atoms. The van der Waals surface area contributed by atoms with Gasteiger partial charge in [-0.2, -0.15) is 0 Å². The molecule has 0 aliphatic rings. The molecule has 0 aliphatic heterocycles. The number of rotatable bonds is 7. The van der Waals surface area contributed by atoms with Crippen LogP contribution in [0.4, 0.5) is 4.39 Å². The fourth-order valence-electron chi connectivity index (χ4n) is 1.56.